The molecule has 5 nitrogen and oxygen atoms in total. The number of nitrogens with one attached hydrogen (secondary N) is 1. The predicted molar refractivity (Wildman–Crippen MR) is 123 cm³/mol. The van der Waals surface area contributed by atoms with Gasteiger partial charge in [0, 0.05) is 28.7 Å². The minimum absolute atomic E-state index is 0.292. The van der Waals surface area contributed by atoms with Crippen LogP contribution in [0.4, 0.5) is 10.1 Å². The molecule has 0 saturated heterocycles. The molecule has 0 fully saturated rings. The van der Waals surface area contributed by atoms with Crippen molar-refractivity contribution < 1.29 is 23.1 Å². The molecule has 4 rings (SSSR count). The SMILES string of the molecule is COc1ccccc1NC(=O)/C=C(\C)c1cc2c(-c3ccc(F)cc3)coc2cc1OC. The second-order valence-corrected chi connectivity index (χ2v) is 7.22. The topological polar surface area (TPSA) is 60.7 Å². The molecule has 0 spiro atoms. The van der Waals surface area contributed by atoms with Gasteiger partial charge in [-0.25, -0.2) is 4.39 Å². The molecule has 0 unspecified atom stereocenters. The number of allylic oxidation sites excluding steroid dienone is 1. The molecule has 0 aliphatic carbocycles. The van der Waals surface area contributed by atoms with Crippen molar-refractivity contribution >= 4 is 28.1 Å². The summed E-state index contributed by atoms with van der Waals surface area (Å²) in [6.45, 7) is 1.84. The van der Waals surface area contributed by atoms with E-state index in [0.717, 1.165) is 22.1 Å². The number of carbonyl (C=O) groups excluding carboxylic acids is 1. The molecule has 0 saturated carbocycles. The molecular formula is C26H22FNO4. The zero-order valence-corrected chi connectivity index (χ0v) is 17.9. The Morgan fingerprint density at radius 1 is 1.00 bits per heavy atom. The molecule has 0 radical (unpaired) electrons. The Balaban J connectivity index is 1.71. The lowest BCUT2D eigenvalue weighted by Crippen LogP contribution is -2.09. The highest BCUT2D eigenvalue weighted by Gasteiger charge is 2.15. The van der Waals surface area contributed by atoms with Crippen LogP contribution in [0.3, 0.4) is 0 Å². The van der Waals surface area contributed by atoms with Crippen LogP contribution in [-0.2, 0) is 4.79 Å². The first-order chi connectivity index (χ1) is 15.5. The number of fused-ring (bicyclic) bond motifs is 1. The van der Waals surface area contributed by atoms with Gasteiger partial charge in [0.1, 0.15) is 22.9 Å². The lowest BCUT2D eigenvalue weighted by atomic mass is 9.99. The summed E-state index contributed by atoms with van der Waals surface area (Å²) < 4.78 is 29.9. The van der Waals surface area contributed by atoms with E-state index in [-0.39, 0.29) is 11.7 Å². The summed E-state index contributed by atoms with van der Waals surface area (Å²) in [5.41, 5.74) is 4.34. The van der Waals surface area contributed by atoms with E-state index in [1.165, 1.54) is 18.2 Å². The highest BCUT2D eigenvalue weighted by atomic mass is 19.1. The van der Waals surface area contributed by atoms with E-state index in [4.69, 9.17) is 13.9 Å². The van der Waals surface area contributed by atoms with Crippen LogP contribution in [0.5, 0.6) is 11.5 Å². The third-order valence-corrected chi connectivity index (χ3v) is 5.19. The number of rotatable bonds is 6. The molecule has 0 aliphatic rings. The Morgan fingerprint density at radius 3 is 2.44 bits per heavy atom. The summed E-state index contributed by atoms with van der Waals surface area (Å²) in [6, 6.07) is 17.1. The van der Waals surface area contributed by atoms with Crippen molar-refractivity contribution in [2.75, 3.05) is 19.5 Å². The van der Waals surface area contributed by atoms with Crippen LogP contribution in [0.1, 0.15) is 12.5 Å². The standard InChI is InChI=1S/C26H22FNO4/c1-16(12-26(29)28-22-6-4-5-7-23(22)30-2)19-13-20-21(17-8-10-18(27)11-9-17)15-32-25(20)14-24(19)31-3/h4-15H,1-3H3,(H,28,29)/b16-12+. The fourth-order valence-corrected chi connectivity index (χ4v) is 3.58. The Labute approximate surface area is 185 Å². The molecule has 0 aliphatic heterocycles. The molecule has 32 heavy (non-hydrogen) atoms. The van der Waals surface area contributed by atoms with E-state index in [9.17, 15) is 9.18 Å². The van der Waals surface area contributed by atoms with Crippen LogP contribution in [0, 0.1) is 5.82 Å². The van der Waals surface area contributed by atoms with Crippen LogP contribution in [0.15, 0.2) is 77.4 Å². The first-order valence-corrected chi connectivity index (χ1v) is 9.98. The number of benzene rings is 3. The highest BCUT2D eigenvalue weighted by Crippen LogP contribution is 2.37. The maximum absolute atomic E-state index is 13.3. The zero-order valence-electron chi connectivity index (χ0n) is 17.9. The Bertz CT molecular complexity index is 1310. The van der Waals surface area contributed by atoms with Gasteiger partial charge in [0.05, 0.1) is 26.2 Å². The van der Waals surface area contributed by atoms with Crippen molar-refractivity contribution in [3.05, 3.63) is 84.4 Å². The molecule has 1 heterocycles. The number of halogens is 1. The number of anilines is 1. The Morgan fingerprint density at radius 2 is 1.72 bits per heavy atom. The average Bonchev–Trinajstić information content (AvgIpc) is 3.21. The minimum Gasteiger partial charge on any atom is -0.496 e. The number of ether oxygens (including phenoxy) is 2. The van der Waals surface area contributed by atoms with Gasteiger partial charge in [-0.1, -0.05) is 24.3 Å². The number of furan rings is 1. The summed E-state index contributed by atoms with van der Waals surface area (Å²) in [5, 5.41) is 3.68. The quantitative estimate of drug-likeness (QED) is 0.364. The van der Waals surface area contributed by atoms with E-state index in [2.05, 4.69) is 5.32 Å². The molecular weight excluding hydrogens is 409 g/mol. The van der Waals surface area contributed by atoms with Crippen molar-refractivity contribution in [3.63, 3.8) is 0 Å². The second-order valence-electron chi connectivity index (χ2n) is 7.22. The van der Waals surface area contributed by atoms with E-state index >= 15 is 0 Å². The van der Waals surface area contributed by atoms with Gasteiger partial charge in [-0.15, -0.1) is 0 Å². The van der Waals surface area contributed by atoms with Crippen LogP contribution >= 0.6 is 0 Å². The van der Waals surface area contributed by atoms with Gasteiger partial charge < -0.3 is 19.2 Å². The summed E-state index contributed by atoms with van der Waals surface area (Å²) >= 11 is 0. The third kappa shape index (κ3) is 4.21. The molecule has 1 amide bonds. The molecule has 1 N–H and O–H groups in total. The van der Waals surface area contributed by atoms with Crippen LogP contribution in [0.2, 0.25) is 0 Å². The number of carbonyl (C=O) groups is 1. The lowest BCUT2D eigenvalue weighted by Gasteiger charge is -2.11. The lowest BCUT2D eigenvalue weighted by molar-refractivity contribution is -0.111. The minimum atomic E-state index is -0.302. The fourth-order valence-electron chi connectivity index (χ4n) is 3.58. The van der Waals surface area contributed by atoms with Crippen molar-refractivity contribution in [2.24, 2.45) is 0 Å². The molecule has 162 valence electrons. The maximum Gasteiger partial charge on any atom is 0.248 e. The van der Waals surface area contributed by atoms with Crippen molar-refractivity contribution in [2.45, 2.75) is 6.92 Å². The molecule has 0 atom stereocenters. The Kier molecular flexibility index (Phi) is 5.94. The van der Waals surface area contributed by atoms with Gasteiger partial charge in [0.25, 0.3) is 0 Å². The van der Waals surface area contributed by atoms with E-state index in [1.807, 2.05) is 25.1 Å². The van der Waals surface area contributed by atoms with Crippen molar-refractivity contribution in [1.82, 2.24) is 0 Å². The number of methoxy groups -OCH3 is 2. The molecule has 0 bridgehead atoms. The van der Waals surface area contributed by atoms with Gasteiger partial charge >= 0.3 is 0 Å². The average molecular weight is 431 g/mol. The van der Waals surface area contributed by atoms with Gasteiger partial charge in [-0.2, -0.15) is 0 Å². The molecule has 6 heteroatoms. The summed E-state index contributed by atoms with van der Waals surface area (Å²) in [5.74, 6) is 0.563. The smallest absolute Gasteiger partial charge is 0.248 e. The van der Waals surface area contributed by atoms with E-state index < -0.39 is 0 Å². The van der Waals surface area contributed by atoms with E-state index in [0.29, 0.717) is 28.3 Å². The normalized spacial score (nSPS) is 11.4. The fraction of sp³-hybridized carbons (Fsp3) is 0.115. The zero-order chi connectivity index (χ0) is 22.7. The third-order valence-electron chi connectivity index (χ3n) is 5.19. The van der Waals surface area contributed by atoms with E-state index in [1.54, 1.807) is 50.8 Å². The van der Waals surface area contributed by atoms with Crippen LogP contribution in [-0.4, -0.2) is 20.1 Å². The van der Waals surface area contributed by atoms with Crippen molar-refractivity contribution in [1.29, 1.82) is 0 Å². The predicted octanol–water partition coefficient (Wildman–Crippen LogP) is 6.30. The number of hydrogen-bond acceptors (Lipinski definition) is 4. The van der Waals surface area contributed by atoms with Crippen LogP contribution < -0.4 is 14.8 Å². The first kappa shape index (κ1) is 21.2. The number of amides is 1. The summed E-state index contributed by atoms with van der Waals surface area (Å²) in [7, 11) is 3.12. The molecule has 4 aromatic rings. The van der Waals surface area contributed by atoms with Crippen molar-refractivity contribution in [3.8, 4) is 22.6 Å². The van der Waals surface area contributed by atoms with Gasteiger partial charge in [-0.05, 0) is 48.4 Å². The number of para-hydroxylation sites is 2. The summed E-state index contributed by atoms with van der Waals surface area (Å²) in [6.07, 6.45) is 3.14. The second kappa shape index (κ2) is 8.98. The first-order valence-electron chi connectivity index (χ1n) is 9.98. The monoisotopic (exact) mass is 431 g/mol. The highest BCUT2D eigenvalue weighted by molar-refractivity contribution is 6.06. The molecule has 3 aromatic carbocycles. The van der Waals surface area contributed by atoms with Gasteiger partial charge in [-0.3, -0.25) is 4.79 Å². The summed E-state index contributed by atoms with van der Waals surface area (Å²) in [4.78, 5) is 12.7. The van der Waals surface area contributed by atoms with Gasteiger partial charge in [0.15, 0.2) is 0 Å². The largest absolute Gasteiger partial charge is 0.496 e. The van der Waals surface area contributed by atoms with Gasteiger partial charge in [0.2, 0.25) is 5.91 Å². The Hall–Kier alpha value is -4.06. The number of hydrogen-bond donors (Lipinski definition) is 1. The van der Waals surface area contributed by atoms with Crippen LogP contribution in [0.25, 0.3) is 27.7 Å². The maximum atomic E-state index is 13.3. The molecule has 1 aromatic heterocycles.